The van der Waals surface area contributed by atoms with Crippen molar-refractivity contribution >= 4 is 17.5 Å². The second kappa shape index (κ2) is 13.1. The quantitative estimate of drug-likeness (QED) is 0.354. The number of likely N-dealkylation sites (tertiary alicyclic amines) is 2. The number of carbonyl (C=O) groups is 1. The van der Waals surface area contributed by atoms with E-state index >= 15 is 0 Å². The summed E-state index contributed by atoms with van der Waals surface area (Å²) < 4.78 is 16.9. The summed E-state index contributed by atoms with van der Waals surface area (Å²) in [5.41, 5.74) is 3.40. The second-order valence-electron chi connectivity index (χ2n) is 12.5. The van der Waals surface area contributed by atoms with Gasteiger partial charge in [-0.05, 0) is 67.7 Å². The molecule has 0 radical (unpaired) electrons. The molecule has 0 bridgehead atoms. The first-order valence-corrected chi connectivity index (χ1v) is 16.0. The van der Waals surface area contributed by atoms with Gasteiger partial charge in [-0.25, -0.2) is 9.97 Å². The molecule has 3 aromatic rings. The van der Waals surface area contributed by atoms with E-state index in [2.05, 4.69) is 55.5 Å². The minimum Gasteiger partial charge on any atom is -0.489 e. The third-order valence-electron chi connectivity index (χ3n) is 9.59. The van der Waals surface area contributed by atoms with E-state index in [1.54, 1.807) is 12.1 Å². The topological polar surface area (TPSA) is 129 Å². The maximum Gasteiger partial charge on any atom is 0.230 e. The fraction of sp³-hybridized carbons (Fsp3) is 0.500. The molecule has 4 fully saturated rings. The summed E-state index contributed by atoms with van der Waals surface area (Å²) >= 11 is 0. The molecule has 4 saturated heterocycles. The zero-order valence-corrected chi connectivity index (χ0v) is 25.6. The van der Waals surface area contributed by atoms with E-state index in [9.17, 15) is 10.1 Å². The van der Waals surface area contributed by atoms with Crippen LogP contribution in [-0.2, 0) is 14.3 Å². The van der Waals surface area contributed by atoms with Crippen LogP contribution >= 0.6 is 0 Å². The lowest BCUT2D eigenvalue weighted by Crippen LogP contribution is -2.51. The number of nitrogens with one attached hydrogen (secondary N) is 1. The van der Waals surface area contributed by atoms with E-state index in [0.717, 1.165) is 44.8 Å². The van der Waals surface area contributed by atoms with Gasteiger partial charge in [0.25, 0.3) is 0 Å². The van der Waals surface area contributed by atoms with Crippen molar-refractivity contribution in [3.63, 3.8) is 0 Å². The molecule has 0 aliphatic carbocycles. The predicted molar refractivity (Wildman–Crippen MR) is 167 cm³/mol. The summed E-state index contributed by atoms with van der Waals surface area (Å²) in [6, 6.07) is 16.8. The van der Waals surface area contributed by atoms with E-state index in [0.29, 0.717) is 60.3 Å². The van der Waals surface area contributed by atoms with Gasteiger partial charge in [-0.15, -0.1) is 0 Å². The van der Waals surface area contributed by atoms with Crippen molar-refractivity contribution in [1.82, 2.24) is 24.8 Å². The van der Waals surface area contributed by atoms with Crippen molar-refractivity contribution in [2.75, 3.05) is 51.3 Å². The Morgan fingerprint density at radius 3 is 2.44 bits per heavy atom. The van der Waals surface area contributed by atoms with Crippen molar-refractivity contribution in [2.24, 2.45) is 5.92 Å². The number of carbonyl (C=O) groups excluding carboxylic acids is 1. The number of anilines is 2. The second-order valence-corrected chi connectivity index (χ2v) is 12.5. The van der Waals surface area contributed by atoms with Gasteiger partial charge in [0.05, 0.1) is 43.4 Å². The Morgan fingerprint density at radius 2 is 1.78 bits per heavy atom. The molecule has 4 aliphatic heterocycles. The van der Waals surface area contributed by atoms with Crippen LogP contribution in [0.2, 0.25) is 0 Å². The Balaban J connectivity index is 0.946. The number of epoxide rings is 1. The van der Waals surface area contributed by atoms with Crippen molar-refractivity contribution in [3.05, 3.63) is 59.9 Å². The monoisotopic (exact) mass is 609 g/mol. The summed E-state index contributed by atoms with van der Waals surface area (Å²) in [5.74, 6) is 2.06. The number of nitriles is 1. The van der Waals surface area contributed by atoms with Crippen molar-refractivity contribution in [3.8, 4) is 23.2 Å². The normalized spacial score (nSPS) is 21.9. The van der Waals surface area contributed by atoms with E-state index in [-0.39, 0.29) is 24.0 Å². The van der Waals surface area contributed by atoms with Crippen molar-refractivity contribution in [2.45, 2.75) is 56.8 Å². The Morgan fingerprint density at radius 1 is 1.02 bits per heavy atom. The standard InChI is InChI=1S/C34H39N7O4/c1-22(31-20-44-31)33(42)41-14-10-29(11-15-41)45-30-7-4-25(16-26(30)17-35)32-36-21-37-34(39-32)38-27-5-2-23(3-6-27)24-8-12-40(13-9-24)28-18-43-19-28/h2-7,16,21-22,24,28-29,31H,8-15,18-20H2,1H3,(H,36,37,38,39)/t22-,31?/m1/s1. The Kier molecular flexibility index (Phi) is 8.61. The number of hydrogen-bond donors (Lipinski definition) is 1. The van der Waals surface area contributed by atoms with Crippen LogP contribution in [0.4, 0.5) is 11.6 Å². The molecule has 45 heavy (non-hydrogen) atoms. The van der Waals surface area contributed by atoms with E-state index in [4.69, 9.17) is 14.2 Å². The van der Waals surface area contributed by atoms with Gasteiger partial charge in [-0.3, -0.25) is 9.69 Å². The molecule has 0 spiro atoms. The SMILES string of the molecule is C[C@@H](C(=O)N1CCC(Oc2ccc(-c3ncnc(Nc4ccc(C5CCN(C6COC6)CC5)cc4)n3)cc2C#N)CC1)C1CO1. The van der Waals surface area contributed by atoms with Crippen LogP contribution in [0, 0.1) is 17.2 Å². The molecule has 11 heteroatoms. The lowest BCUT2D eigenvalue weighted by Gasteiger charge is -2.41. The number of ether oxygens (including phenoxy) is 3. The summed E-state index contributed by atoms with van der Waals surface area (Å²) in [5, 5.41) is 13.2. The highest BCUT2D eigenvalue weighted by atomic mass is 16.6. The average molecular weight is 610 g/mol. The van der Waals surface area contributed by atoms with Crippen LogP contribution < -0.4 is 10.1 Å². The third kappa shape index (κ3) is 6.78. The molecule has 234 valence electrons. The minimum absolute atomic E-state index is 0.0610. The lowest BCUT2D eigenvalue weighted by atomic mass is 9.88. The minimum atomic E-state index is -0.0990. The number of amides is 1. The van der Waals surface area contributed by atoms with Crippen LogP contribution in [0.3, 0.4) is 0 Å². The summed E-state index contributed by atoms with van der Waals surface area (Å²) in [6.45, 7) is 7.90. The van der Waals surface area contributed by atoms with E-state index in [1.165, 1.54) is 24.7 Å². The first-order valence-electron chi connectivity index (χ1n) is 16.0. The Hall–Kier alpha value is -4.11. The number of piperidine rings is 2. The molecule has 2 aromatic carbocycles. The number of aromatic nitrogens is 3. The summed E-state index contributed by atoms with van der Waals surface area (Å²) in [7, 11) is 0. The van der Waals surface area contributed by atoms with Gasteiger partial charge in [-0.2, -0.15) is 10.2 Å². The predicted octanol–water partition coefficient (Wildman–Crippen LogP) is 4.14. The number of benzene rings is 2. The fourth-order valence-corrected chi connectivity index (χ4v) is 6.52. The fourth-order valence-electron chi connectivity index (χ4n) is 6.52. The lowest BCUT2D eigenvalue weighted by molar-refractivity contribution is -0.137. The van der Waals surface area contributed by atoms with Gasteiger partial charge in [0.2, 0.25) is 11.9 Å². The van der Waals surface area contributed by atoms with Crippen molar-refractivity contribution < 1.29 is 19.0 Å². The van der Waals surface area contributed by atoms with Gasteiger partial charge in [-0.1, -0.05) is 19.1 Å². The average Bonchev–Trinajstić information content (AvgIpc) is 3.91. The molecule has 4 aliphatic rings. The van der Waals surface area contributed by atoms with Gasteiger partial charge in [0.1, 0.15) is 24.3 Å². The number of rotatable bonds is 9. The Labute approximate surface area is 263 Å². The maximum absolute atomic E-state index is 12.7. The molecule has 0 saturated carbocycles. The molecular formula is C34H39N7O4. The van der Waals surface area contributed by atoms with Crippen LogP contribution in [-0.4, -0.2) is 94.9 Å². The zero-order chi connectivity index (χ0) is 30.8. The Bertz CT molecular complexity index is 1540. The van der Waals surface area contributed by atoms with Gasteiger partial charge >= 0.3 is 0 Å². The maximum atomic E-state index is 12.7. The van der Waals surface area contributed by atoms with Crippen LogP contribution in [0.5, 0.6) is 5.75 Å². The van der Waals surface area contributed by atoms with Crippen LogP contribution in [0.1, 0.15) is 49.7 Å². The first kappa shape index (κ1) is 29.6. The summed E-state index contributed by atoms with van der Waals surface area (Å²) in [4.78, 5) is 30.5. The molecule has 11 nitrogen and oxygen atoms in total. The van der Waals surface area contributed by atoms with E-state index in [1.807, 2.05) is 17.9 Å². The zero-order valence-electron chi connectivity index (χ0n) is 25.6. The first-order chi connectivity index (χ1) is 22.0. The number of hydrogen-bond acceptors (Lipinski definition) is 10. The van der Waals surface area contributed by atoms with Gasteiger partial charge in [0, 0.05) is 37.2 Å². The number of nitrogens with zero attached hydrogens (tertiary/aromatic N) is 6. The molecule has 1 amide bonds. The summed E-state index contributed by atoms with van der Waals surface area (Å²) in [6.07, 6.45) is 5.26. The molecule has 2 atom stereocenters. The molecule has 5 heterocycles. The van der Waals surface area contributed by atoms with Gasteiger partial charge in [0.15, 0.2) is 5.82 Å². The smallest absolute Gasteiger partial charge is 0.230 e. The molecular weight excluding hydrogens is 570 g/mol. The highest BCUT2D eigenvalue weighted by Gasteiger charge is 2.37. The van der Waals surface area contributed by atoms with Crippen LogP contribution in [0.15, 0.2) is 48.8 Å². The van der Waals surface area contributed by atoms with Gasteiger partial charge < -0.3 is 24.4 Å². The highest BCUT2D eigenvalue weighted by molar-refractivity contribution is 5.79. The van der Waals surface area contributed by atoms with Crippen molar-refractivity contribution in [1.29, 1.82) is 5.26 Å². The highest BCUT2D eigenvalue weighted by Crippen LogP contribution is 2.32. The molecule has 7 rings (SSSR count). The largest absolute Gasteiger partial charge is 0.489 e. The molecule has 1 N–H and O–H groups in total. The molecule has 1 aromatic heterocycles. The van der Waals surface area contributed by atoms with Crippen LogP contribution in [0.25, 0.3) is 11.4 Å². The molecule has 1 unspecified atom stereocenters. The third-order valence-corrected chi connectivity index (χ3v) is 9.59. The van der Waals surface area contributed by atoms with E-state index < -0.39 is 0 Å².